The van der Waals surface area contributed by atoms with E-state index in [-0.39, 0.29) is 0 Å². The Hall–Kier alpha value is -1.87. The molecule has 164 valence electrons. The summed E-state index contributed by atoms with van der Waals surface area (Å²) < 4.78 is 30.8. The molecule has 0 spiro atoms. The van der Waals surface area contributed by atoms with Crippen molar-refractivity contribution in [1.29, 1.82) is 0 Å². The summed E-state index contributed by atoms with van der Waals surface area (Å²) in [6.45, 7) is 2.06. The standard InChI is InChI=1S/C22H25ClN4O2S2/c23-18-8-3-4-9-19(18)25-11-13-26(14-12-25)31(28,29)21-16-27(17-6-1-2-7-17)24-22(21)20-10-5-15-30-20/h3-5,8-10,15-17H,1-2,6-7,11-14H2. The maximum atomic E-state index is 13.7. The van der Waals surface area contributed by atoms with Crippen LogP contribution in [0.5, 0.6) is 0 Å². The molecule has 2 aliphatic rings. The Labute approximate surface area is 192 Å². The summed E-state index contributed by atoms with van der Waals surface area (Å²) in [6, 6.07) is 11.9. The first-order valence-corrected chi connectivity index (χ1v) is 13.4. The molecule has 0 bridgehead atoms. The highest BCUT2D eigenvalue weighted by atomic mass is 35.5. The topological polar surface area (TPSA) is 58.4 Å². The second-order valence-corrected chi connectivity index (χ2v) is 11.3. The Bertz CT molecular complexity index is 1150. The molecule has 5 rings (SSSR count). The van der Waals surface area contributed by atoms with E-state index in [1.165, 1.54) is 24.2 Å². The number of para-hydroxylation sites is 1. The van der Waals surface area contributed by atoms with Crippen molar-refractivity contribution in [2.24, 2.45) is 0 Å². The van der Waals surface area contributed by atoms with Gasteiger partial charge in [0.2, 0.25) is 10.0 Å². The van der Waals surface area contributed by atoms with Crippen molar-refractivity contribution in [1.82, 2.24) is 14.1 Å². The molecule has 2 aromatic heterocycles. The lowest BCUT2D eigenvalue weighted by Gasteiger charge is -2.35. The van der Waals surface area contributed by atoms with Gasteiger partial charge in [-0.25, -0.2) is 8.42 Å². The molecule has 1 saturated carbocycles. The normalized spacial score (nSPS) is 18.7. The largest absolute Gasteiger partial charge is 0.368 e. The van der Waals surface area contributed by atoms with Crippen LogP contribution in [0.15, 0.2) is 52.9 Å². The van der Waals surface area contributed by atoms with E-state index in [0.717, 1.165) is 23.4 Å². The van der Waals surface area contributed by atoms with Crippen molar-refractivity contribution < 1.29 is 8.42 Å². The van der Waals surface area contributed by atoms with Crippen molar-refractivity contribution in [3.05, 3.63) is 53.0 Å². The summed E-state index contributed by atoms with van der Waals surface area (Å²) >= 11 is 7.87. The molecular weight excluding hydrogens is 452 g/mol. The number of piperazine rings is 1. The Morgan fingerprint density at radius 2 is 1.74 bits per heavy atom. The Morgan fingerprint density at radius 1 is 1.00 bits per heavy atom. The lowest BCUT2D eigenvalue weighted by atomic mass is 10.2. The van der Waals surface area contributed by atoms with Gasteiger partial charge in [-0.1, -0.05) is 42.6 Å². The molecule has 6 nitrogen and oxygen atoms in total. The minimum atomic E-state index is -3.65. The molecule has 1 saturated heterocycles. The van der Waals surface area contributed by atoms with E-state index in [0.29, 0.717) is 47.8 Å². The highest BCUT2D eigenvalue weighted by Crippen LogP contribution is 2.36. The molecule has 2 fully saturated rings. The second-order valence-electron chi connectivity index (χ2n) is 8.08. The van der Waals surface area contributed by atoms with Crippen LogP contribution in [-0.2, 0) is 10.0 Å². The van der Waals surface area contributed by atoms with E-state index in [4.69, 9.17) is 16.7 Å². The molecule has 0 N–H and O–H groups in total. The van der Waals surface area contributed by atoms with Crippen molar-refractivity contribution in [3.63, 3.8) is 0 Å². The van der Waals surface area contributed by atoms with E-state index in [9.17, 15) is 8.42 Å². The molecular formula is C22H25ClN4O2S2. The van der Waals surface area contributed by atoms with Gasteiger partial charge >= 0.3 is 0 Å². The average Bonchev–Trinajstić information content (AvgIpc) is 3.55. The van der Waals surface area contributed by atoms with E-state index >= 15 is 0 Å². The number of sulfonamides is 1. The molecule has 0 amide bonds. The number of benzene rings is 1. The number of anilines is 1. The molecule has 1 aliphatic carbocycles. The van der Waals surface area contributed by atoms with Gasteiger partial charge in [-0.15, -0.1) is 11.3 Å². The molecule has 1 aliphatic heterocycles. The van der Waals surface area contributed by atoms with Crippen LogP contribution >= 0.6 is 22.9 Å². The zero-order valence-electron chi connectivity index (χ0n) is 17.2. The third-order valence-electron chi connectivity index (χ3n) is 6.20. The van der Waals surface area contributed by atoms with E-state index in [1.807, 2.05) is 46.5 Å². The zero-order chi connectivity index (χ0) is 21.4. The van der Waals surface area contributed by atoms with Crippen LogP contribution in [0.25, 0.3) is 10.6 Å². The lowest BCUT2D eigenvalue weighted by Crippen LogP contribution is -2.48. The fourth-order valence-corrected chi connectivity index (χ4v) is 7.12. The number of nitrogens with zero attached hydrogens (tertiary/aromatic N) is 4. The molecule has 3 heterocycles. The Morgan fingerprint density at radius 3 is 2.42 bits per heavy atom. The fourth-order valence-electron chi connectivity index (χ4n) is 4.52. The van der Waals surface area contributed by atoms with Gasteiger partial charge < -0.3 is 4.90 Å². The molecule has 1 aromatic carbocycles. The van der Waals surface area contributed by atoms with Gasteiger partial charge in [-0.05, 0) is 36.4 Å². The van der Waals surface area contributed by atoms with Crippen molar-refractivity contribution in [3.8, 4) is 10.6 Å². The van der Waals surface area contributed by atoms with Gasteiger partial charge in [0.05, 0.1) is 21.6 Å². The number of hydrogen-bond acceptors (Lipinski definition) is 5. The Kier molecular flexibility index (Phi) is 5.81. The summed E-state index contributed by atoms with van der Waals surface area (Å²) in [6.07, 6.45) is 6.22. The third-order valence-corrected chi connectivity index (χ3v) is 9.30. The maximum absolute atomic E-state index is 13.7. The molecule has 0 radical (unpaired) electrons. The minimum Gasteiger partial charge on any atom is -0.368 e. The van der Waals surface area contributed by atoms with Crippen molar-refractivity contribution in [2.45, 2.75) is 36.6 Å². The highest BCUT2D eigenvalue weighted by molar-refractivity contribution is 7.89. The van der Waals surface area contributed by atoms with Crippen molar-refractivity contribution in [2.75, 3.05) is 31.1 Å². The van der Waals surface area contributed by atoms with E-state index < -0.39 is 10.0 Å². The monoisotopic (exact) mass is 476 g/mol. The zero-order valence-corrected chi connectivity index (χ0v) is 19.5. The SMILES string of the molecule is O=S(=O)(c1cn(C2CCCC2)nc1-c1cccs1)N1CCN(c2ccccc2Cl)CC1. The van der Waals surface area contributed by atoms with Gasteiger partial charge in [0.25, 0.3) is 0 Å². The molecule has 9 heteroatoms. The first-order chi connectivity index (χ1) is 15.0. The summed E-state index contributed by atoms with van der Waals surface area (Å²) in [4.78, 5) is 3.37. The van der Waals surface area contributed by atoms with Gasteiger partial charge in [-0.2, -0.15) is 9.40 Å². The average molecular weight is 477 g/mol. The minimum absolute atomic E-state index is 0.291. The van der Waals surface area contributed by atoms with Crippen LogP contribution in [0, 0.1) is 0 Å². The van der Waals surface area contributed by atoms with Crippen LogP contribution in [0.3, 0.4) is 0 Å². The van der Waals surface area contributed by atoms with Gasteiger partial charge in [0.15, 0.2) is 0 Å². The van der Waals surface area contributed by atoms with Crippen molar-refractivity contribution >= 4 is 38.6 Å². The summed E-state index contributed by atoms with van der Waals surface area (Å²) in [5.41, 5.74) is 1.53. The Balaban J connectivity index is 1.42. The van der Waals surface area contributed by atoms with Gasteiger partial charge in [0, 0.05) is 32.4 Å². The first-order valence-electron chi connectivity index (χ1n) is 10.7. The molecule has 0 atom stereocenters. The van der Waals surface area contributed by atoms with Gasteiger partial charge in [0.1, 0.15) is 10.6 Å². The number of thiophene rings is 1. The van der Waals surface area contributed by atoms with Crippen LogP contribution in [0.4, 0.5) is 5.69 Å². The first kappa shape index (κ1) is 21.0. The predicted molar refractivity (Wildman–Crippen MR) is 125 cm³/mol. The number of aromatic nitrogens is 2. The summed E-state index contributed by atoms with van der Waals surface area (Å²) in [5, 5.41) is 7.42. The third kappa shape index (κ3) is 4.02. The lowest BCUT2D eigenvalue weighted by molar-refractivity contribution is 0.385. The fraction of sp³-hybridized carbons (Fsp3) is 0.409. The quantitative estimate of drug-likeness (QED) is 0.526. The van der Waals surface area contributed by atoms with Crippen LogP contribution in [0.2, 0.25) is 5.02 Å². The van der Waals surface area contributed by atoms with Crippen LogP contribution < -0.4 is 4.90 Å². The molecule has 0 unspecified atom stereocenters. The molecule has 31 heavy (non-hydrogen) atoms. The smallest absolute Gasteiger partial charge is 0.246 e. The number of halogens is 1. The van der Waals surface area contributed by atoms with Crippen LogP contribution in [-0.4, -0.2) is 48.7 Å². The van der Waals surface area contributed by atoms with E-state index in [1.54, 1.807) is 10.5 Å². The van der Waals surface area contributed by atoms with E-state index in [2.05, 4.69) is 4.90 Å². The summed E-state index contributed by atoms with van der Waals surface area (Å²) in [5.74, 6) is 0. The molecule has 3 aromatic rings. The number of hydrogen-bond donors (Lipinski definition) is 0. The second kappa shape index (κ2) is 8.58. The van der Waals surface area contributed by atoms with Gasteiger partial charge in [-0.3, -0.25) is 4.68 Å². The maximum Gasteiger partial charge on any atom is 0.246 e. The van der Waals surface area contributed by atoms with Crippen LogP contribution in [0.1, 0.15) is 31.7 Å². The number of rotatable bonds is 5. The highest BCUT2D eigenvalue weighted by Gasteiger charge is 2.34. The summed E-state index contributed by atoms with van der Waals surface area (Å²) in [7, 11) is -3.65. The predicted octanol–water partition coefficient (Wildman–Crippen LogP) is 4.89.